The van der Waals surface area contributed by atoms with Crippen molar-refractivity contribution >= 4 is 11.7 Å². The fourth-order valence-corrected chi connectivity index (χ4v) is 1.47. The molecule has 0 aliphatic heterocycles. The molecular formula is C15H13N3O2. The Kier molecular flexibility index (Phi) is 4.81. The van der Waals surface area contributed by atoms with Crippen LogP contribution in [0.3, 0.4) is 0 Å². The van der Waals surface area contributed by atoms with E-state index >= 15 is 0 Å². The molecule has 0 saturated carbocycles. The van der Waals surface area contributed by atoms with Crippen molar-refractivity contribution in [3.63, 3.8) is 0 Å². The van der Waals surface area contributed by atoms with E-state index in [4.69, 9.17) is 5.11 Å². The molecule has 20 heavy (non-hydrogen) atoms. The van der Waals surface area contributed by atoms with Crippen LogP contribution in [0.25, 0.3) is 0 Å². The standard InChI is InChI=1S/C15H13N3O2/c19-10-2-1-6-13-7-3-8-14(17-13)18-15(20)12-5-4-9-16-11-12/h3-5,7-9,11,19H,2,10H2,(H,17,18,20). The summed E-state index contributed by atoms with van der Waals surface area (Å²) in [5, 5.41) is 11.3. The van der Waals surface area contributed by atoms with E-state index in [2.05, 4.69) is 27.1 Å². The molecule has 0 atom stereocenters. The quantitative estimate of drug-likeness (QED) is 0.826. The molecular weight excluding hydrogens is 254 g/mol. The highest BCUT2D eigenvalue weighted by Crippen LogP contribution is 2.06. The van der Waals surface area contributed by atoms with Crippen LogP contribution in [0, 0.1) is 11.8 Å². The summed E-state index contributed by atoms with van der Waals surface area (Å²) >= 11 is 0. The van der Waals surface area contributed by atoms with Crippen molar-refractivity contribution in [1.29, 1.82) is 0 Å². The lowest BCUT2D eigenvalue weighted by atomic mass is 10.2. The first-order valence-electron chi connectivity index (χ1n) is 6.08. The molecule has 5 nitrogen and oxygen atoms in total. The smallest absolute Gasteiger partial charge is 0.258 e. The number of hydrogen-bond donors (Lipinski definition) is 2. The number of anilines is 1. The molecule has 2 N–H and O–H groups in total. The van der Waals surface area contributed by atoms with Crippen LogP contribution in [-0.4, -0.2) is 27.6 Å². The molecule has 2 heterocycles. The molecule has 1 amide bonds. The summed E-state index contributed by atoms with van der Waals surface area (Å²) in [4.78, 5) is 20.0. The Morgan fingerprint density at radius 2 is 2.20 bits per heavy atom. The first-order chi connectivity index (χ1) is 9.79. The molecule has 0 fully saturated rings. The van der Waals surface area contributed by atoms with Gasteiger partial charge in [-0.25, -0.2) is 4.98 Å². The van der Waals surface area contributed by atoms with Crippen LogP contribution in [0.5, 0.6) is 0 Å². The van der Waals surface area contributed by atoms with Crippen molar-refractivity contribution in [2.24, 2.45) is 0 Å². The van der Waals surface area contributed by atoms with Crippen LogP contribution in [0.1, 0.15) is 22.5 Å². The lowest BCUT2D eigenvalue weighted by molar-refractivity contribution is 0.102. The predicted molar refractivity (Wildman–Crippen MR) is 75.0 cm³/mol. The first kappa shape index (κ1) is 13.7. The summed E-state index contributed by atoms with van der Waals surface area (Å²) in [5.41, 5.74) is 1.01. The van der Waals surface area contributed by atoms with Gasteiger partial charge in [0, 0.05) is 18.8 Å². The van der Waals surface area contributed by atoms with Crippen molar-refractivity contribution in [1.82, 2.24) is 9.97 Å². The van der Waals surface area contributed by atoms with Gasteiger partial charge in [0.25, 0.3) is 5.91 Å². The van der Waals surface area contributed by atoms with E-state index in [0.717, 1.165) is 0 Å². The lowest BCUT2D eigenvalue weighted by Crippen LogP contribution is -2.13. The molecule has 5 heteroatoms. The zero-order chi connectivity index (χ0) is 14.2. The van der Waals surface area contributed by atoms with Crippen LogP contribution in [0.2, 0.25) is 0 Å². The maximum absolute atomic E-state index is 11.9. The van der Waals surface area contributed by atoms with E-state index in [1.165, 1.54) is 6.20 Å². The molecule has 2 aromatic heterocycles. The van der Waals surface area contributed by atoms with Gasteiger partial charge in [-0.3, -0.25) is 9.78 Å². The van der Waals surface area contributed by atoms with Gasteiger partial charge in [0.05, 0.1) is 12.2 Å². The van der Waals surface area contributed by atoms with Gasteiger partial charge in [0.1, 0.15) is 11.5 Å². The largest absolute Gasteiger partial charge is 0.395 e. The number of hydrogen-bond acceptors (Lipinski definition) is 4. The van der Waals surface area contributed by atoms with Gasteiger partial charge in [0.15, 0.2) is 0 Å². The van der Waals surface area contributed by atoms with Gasteiger partial charge in [-0.2, -0.15) is 0 Å². The Hall–Kier alpha value is -2.71. The highest BCUT2D eigenvalue weighted by atomic mass is 16.2. The summed E-state index contributed by atoms with van der Waals surface area (Å²) in [6, 6.07) is 8.55. The SMILES string of the molecule is O=C(Nc1cccc(C#CCCO)n1)c1cccnc1. The number of aliphatic hydroxyl groups is 1. The topological polar surface area (TPSA) is 75.1 Å². The molecule has 0 aliphatic rings. The predicted octanol–water partition coefficient (Wildman–Crippen LogP) is 1.46. The first-order valence-corrected chi connectivity index (χ1v) is 6.08. The van der Waals surface area contributed by atoms with Crippen molar-refractivity contribution in [2.45, 2.75) is 6.42 Å². The number of aliphatic hydroxyl groups excluding tert-OH is 1. The van der Waals surface area contributed by atoms with Crippen LogP contribution in [0.4, 0.5) is 5.82 Å². The number of amides is 1. The molecule has 0 bridgehead atoms. The van der Waals surface area contributed by atoms with Gasteiger partial charge in [0.2, 0.25) is 0 Å². The maximum atomic E-state index is 11.9. The molecule has 2 aromatic rings. The number of rotatable bonds is 3. The Bertz CT molecular complexity index is 645. The van der Waals surface area contributed by atoms with E-state index in [0.29, 0.717) is 23.5 Å². The fourth-order valence-electron chi connectivity index (χ4n) is 1.47. The number of carbonyl (C=O) groups is 1. The summed E-state index contributed by atoms with van der Waals surface area (Å²) < 4.78 is 0. The summed E-state index contributed by atoms with van der Waals surface area (Å²) in [7, 11) is 0. The van der Waals surface area contributed by atoms with Crippen LogP contribution >= 0.6 is 0 Å². The van der Waals surface area contributed by atoms with Crippen molar-refractivity contribution in [3.05, 3.63) is 54.0 Å². The van der Waals surface area contributed by atoms with Crippen molar-refractivity contribution in [2.75, 3.05) is 11.9 Å². The highest BCUT2D eigenvalue weighted by Gasteiger charge is 2.06. The number of nitrogens with one attached hydrogen (secondary N) is 1. The molecule has 2 rings (SSSR count). The summed E-state index contributed by atoms with van der Waals surface area (Å²) in [6.45, 7) is 0.0183. The monoisotopic (exact) mass is 267 g/mol. The minimum absolute atomic E-state index is 0.0183. The molecule has 0 spiro atoms. The maximum Gasteiger partial charge on any atom is 0.258 e. The van der Waals surface area contributed by atoms with Gasteiger partial charge in [-0.1, -0.05) is 12.0 Å². The number of nitrogens with zero attached hydrogens (tertiary/aromatic N) is 2. The van der Waals surface area contributed by atoms with E-state index in [1.807, 2.05) is 0 Å². The van der Waals surface area contributed by atoms with E-state index < -0.39 is 0 Å². The number of pyridine rings is 2. The van der Waals surface area contributed by atoms with E-state index in [-0.39, 0.29) is 12.5 Å². The van der Waals surface area contributed by atoms with Gasteiger partial charge >= 0.3 is 0 Å². The molecule has 0 aromatic carbocycles. The van der Waals surface area contributed by atoms with Crippen LogP contribution < -0.4 is 5.32 Å². The van der Waals surface area contributed by atoms with Gasteiger partial charge < -0.3 is 10.4 Å². The molecule has 0 unspecified atom stereocenters. The summed E-state index contributed by atoms with van der Waals surface area (Å²) in [5.74, 6) is 5.75. The second kappa shape index (κ2) is 7.02. The van der Waals surface area contributed by atoms with Crippen LogP contribution in [-0.2, 0) is 0 Å². The van der Waals surface area contributed by atoms with Crippen molar-refractivity contribution < 1.29 is 9.90 Å². The second-order valence-electron chi connectivity index (χ2n) is 3.88. The average Bonchev–Trinajstić information content (AvgIpc) is 2.49. The third kappa shape index (κ3) is 3.90. The fraction of sp³-hybridized carbons (Fsp3) is 0.133. The average molecular weight is 267 g/mol. The second-order valence-corrected chi connectivity index (χ2v) is 3.88. The third-order valence-electron chi connectivity index (χ3n) is 2.37. The zero-order valence-electron chi connectivity index (χ0n) is 10.7. The highest BCUT2D eigenvalue weighted by molar-refractivity contribution is 6.03. The Morgan fingerprint density at radius 1 is 1.30 bits per heavy atom. The normalized spacial score (nSPS) is 9.45. The Labute approximate surface area is 116 Å². The van der Waals surface area contributed by atoms with E-state index in [9.17, 15) is 4.79 Å². The van der Waals surface area contributed by atoms with Gasteiger partial charge in [-0.05, 0) is 30.2 Å². The minimum Gasteiger partial charge on any atom is -0.395 e. The summed E-state index contributed by atoms with van der Waals surface area (Å²) in [6.07, 6.45) is 3.49. The minimum atomic E-state index is -0.272. The number of aromatic nitrogens is 2. The zero-order valence-corrected chi connectivity index (χ0v) is 10.7. The third-order valence-corrected chi connectivity index (χ3v) is 2.37. The van der Waals surface area contributed by atoms with E-state index in [1.54, 1.807) is 36.5 Å². The number of carbonyl (C=O) groups excluding carboxylic acids is 1. The molecule has 100 valence electrons. The van der Waals surface area contributed by atoms with Crippen LogP contribution in [0.15, 0.2) is 42.7 Å². The molecule has 0 aliphatic carbocycles. The molecule has 0 saturated heterocycles. The Balaban J connectivity index is 2.09. The lowest BCUT2D eigenvalue weighted by Gasteiger charge is -2.04. The van der Waals surface area contributed by atoms with Gasteiger partial charge in [-0.15, -0.1) is 0 Å². The Morgan fingerprint density at radius 3 is 2.95 bits per heavy atom. The molecule has 0 radical (unpaired) electrons. The van der Waals surface area contributed by atoms with Crippen molar-refractivity contribution in [3.8, 4) is 11.8 Å².